The Hall–Kier alpha value is -0.420. The minimum Gasteiger partial charge on any atom is -0.355 e. The second kappa shape index (κ2) is 8.64. The number of hydrogen-bond acceptors (Lipinski definition) is 3. The van der Waals surface area contributed by atoms with Gasteiger partial charge in [-0.3, -0.25) is 9.00 Å². The number of amides is 1. The van der Waals surface area contributed by atoms with E-state index in [0.29, 0.717) is 11.7 Å². The van der Waals surface area contributed by atoms with Gasteiger partial charge in [-0.2, -0.15) is 0 Å². The van der Waals surface area contributed by atoms with Crippen molar-refractivity contribution in [2.45, 2.75) is 46.2 Å². The second-order valence-electron chi connectivity index (χ2n) is 5.00. The molecule has 102 valence electrons. The lowest BCUT2D eigenvalue weighted by Crippen LogP contribution is -2.47. The molecular weight excluding hydrogens is 236 g/mol. The Bertz CT molecular complexity index is 257. The molecule has 3 atom stereocenters. The SMILES string of the molecule is CC(C)CCNC(=O)C(C)NC(C)CS(C)=O. The zero-order chi connectivity index (χ0) is 13.4. The van der Waals surface area contributed by atoms with Crippen molar-refractivity contribution in [1.82, 2.24) is 10.6 Å². The average molecular weight is 262 g/mol. The molecule has 0 spiro atoms. The number of carbonyl (C=O) groups is 1. The van der Waals surface area contributed by atoms with E-state index in [1.165, 1.54) is 0 Å². The molecule has 0 aliphatic rings. The topological polar surface area (TPSA) is 58.2 Å². The van der Waals surface area contributed by atoms with E-state index in [1.54, 1.807) is 6.26 Å². The average Bonchev–Trinajstić information content (AvgIpc) is 2.15. The van der Waals surface area contributed by atoms with Gasteiger partial charge in [0.25, 0.3) is 0 Å². The lowest BCUT2D eigenvalue weighted by Gasteiger charge is -2.19. The molecule has 0 aliphatic carbocycles. The molecule has 17 heavy (non-hydrogen) atoms. The smallest absolute Gasteiger partial charge is 0.236 e. The summed E-state index contributed by atoms with van der Waals surface area (Å²) in [5.74, 6) is 1.18. The Kier molecular flexibility index (Phi) is 8.43. The van der Waals surface area contributed by atoms with E-state index in [4.69, 9.17) is 0 Å². The van der Waals surface area contributed by atoms with E-state index in [9.17, 15) is 9.00 Å². The van der Waals surface area contributed by atoms with Gasteiger partial charge >= 0.3 is 0 Å². The highest BCUT2D eigenvalue weighted by atomic mass is 32.2. The maximum absolute atomic E-state index is 11.7. The molecule has 4 nitrogen and oxygen atoms in total. The first-order valence-corrected chi connectivity index (χ1v) is 7.89. The monoisotopic (exact) mass is 262 g/mol. The van der Waals surface area contributed by atoms with Gasteiger partial charge < -0.3 is 10.6 Å². The van der Waals surface area contributed by atoms with E-state index >= 15 is 0 Å². The summed E-state index contributed by atoms with van der Waals surface area (Å²) in [5, 5.41) is 6.04. The van der Waals surface area contributed by atoms with Gasteiger partial charge in [0, 0.05) is 35.4 Å². The van der Waals surface area contributed by atoms with Gasteiger partial charge in [0.05, 0.1) is 6.04 Å². The molecule has 0 aliphatic heterocycles. The summed E-state index contributed by atoms with van der Waals surface area (Å²) in [5.41, 5.74) is 0. The number of nitrogens with one attached hydrogen (secondary N) is 2. The molecule has 0 saturated heterocycles. The molecule has 3 unspecified atom stereocenters. The first-order valence-electron chi connectivity index (χ1n) is 6.16. The maximum Gasteiger partial charge on any atom is 0.236 e. The molecule has 0 heterocycles. The first kappa shape index (κ1) is 16.6. The van der Waals surface area contributed by atoms with Gasteiger partial charge in [-0.05, 0) is 26.2 Å². The highest BCUT2D eigenvalue weighted by Gasteiger charge is 2.15. The zero-order valence-corrected chi connectivity index (χ0v) is 12.4. The van der Waals surface area contributed by atoms with E-state index in [1.807, 2.05) is 13.8 Å². The number of carbonyl (C=O) groups excluding carboxylic acids is 1. The molecular formula is C12H26N2O2S. The zero-order valence-electron chi connectivity index (χ0n) is 11.6. The van der Waals surface area contributed by atoms with E-state index in [-0.39, 0.29) is 18.0 Å². The van der Waals surface area contributed by atoms with E-state index in [2.05, 4.69) is 24.5 Å². The molecule has 0 aromatic carbocycles. The molecule has 2 N–H and O–H groups in total. The van der Waals surface area contributed by atoms with Crippen molar-refractivity contribution in [3.63, 3.8) is 0 Å². The normalized spacial score (nSPS) is 16.6. The van der Waals surface area contributed by atoms with Gasteiger partial charge in [0.1, 0.15) is 0 Å². The van der Waals surface area contributed by atoms with Crippen LogP contribution in [0, 0.1) is 5.92 Å². The highest BCUT2D eigenvalue weighted by molar-refractivity contribution is 7.84. The first-order chi connectivity index (χ1) is 7.82. The third kappa shape index (κ3) is 9.30. The standard InChI is InChI=1S/C12H26N2O2S/c1-9(2)6-7-13-12(15)11(4)14-10(3)8-17(5)16/h9-11,14H,6-8H2,1-5H3,(H,13,15). The van der Waals surface area contributed by atoms with Gasteiger partial charge in [0.2, 0.25) is 5.91 Å². The Morgan fingerprint density at radius 3 is 2.29 bits per heavy atom. The molecule has 0 rings (SSSR count). The van der Waals surface area contributed by atoms with Crippen LogP contribution in [0.1, 0.15) is 34.1 Å². The van der Waals surface area contributed by atoms with Crippen molar-refractivity contribution in [2.75, 3.05) is 18.6 Å². The highest BCUT2D eigenvalue weighted by Crippen LogP contribution is 1.97. The Balaban J connectivity index is 3.84. The van der Waals surface area contributed by atoms with Crippen LogP contribution in [0.5, 0.6) is 0 Å². The summed E-state index contributed by atoms with van der Waals surface area (Å²) >= 11 is 0. The van der Waals surface area contributed by atoms with Gasteiger partial charge in [-0.15, -0.1) is 0 Å². The predicted molar refractivity (Wildman–Crippen MR) is 73.5 cm³/mol. The Morgan fingerprint density at radius 1 is 1.24 bits per heavy atom. The minimum absolute atomic E-state index is 0.0133. The largest absolute Gasteiger partial charge is 0.355 e. The lowest BCUT2D eigenvalue weighted by atomic mass is 10.1. The molecule has 0 bridgehead atoms. The summed E-state index contributed by atoms with van der Waals surface area (Å²) in [6.45, 7) is 8.76. The second-order valence-corrected chi connectivity index (χ2v) is 6.48. The molecule has 0 radical (unpaired) electrons. The Labute approximate surface area is 107 Å². The van der Waals surface area contributed by atoms with Crippen molar-refractivity contribution < 1.29 is 9.00 Å². The summed E-state index contributed by atoms with van der Waals surface area (Å²) in [7, 11) is -0.831. The van der Waals surface area contributed by atoms with Crippen LogP contribution in [0.4, 0.5) is 0 Å². The van der Waals surface area contributed by atoms with Crippen molar-refractivity contribution in [3.05, 3.63) is 0 Å². The molecule has 5 heteroatoms. The van der Waals surface area contributed by atoms with Crippen LogP contribution >= 0.6 is 0 Å². The molecule has 1 amide bonds. The number of hydrogen-bond donors (Lipinski definition) is 2. The van der Waals surface area contributed by atoms with Crippen LogP contribution in [0.25, 0.3) is 0 Å². The molecule has 0 aromatic heterocycles. The van der Waals surface area contributed by atoms with Crippen LogP contribution in [-0.4, -0.2) is 40.8 Å². The fourth-order valence-electron chi connectivity index (χ4n) is 1.54. The van der Waals surface area contributed by atoms with Crippen molar-refractivity contribution in [2.24, 2.45) is 5.92 Å². The third-order valence-corrected chi connectivity index (χ3v) is 3.40. The fourth-order valence-corrected chi connectivity index (χ4v) is 2.34. The van der Waals surface area contributed by atoms with Crippen molar-refractivity contribution in [3.8, 4) is 0 Å². The van der Waals surface area contributed by atoms with Crippen LogP contribution in [0.15, 0.2) is 0 Å². The third-order valence-electron chi connectivity index (χ3n) is 2.43. The fraction of sp³-hybridized carbons (Fsp3) is 0.917. The maximum atomic E-state index is 11.7. The van der Waals surface area contributed by atoms with Gasteiger partial charge in [0.15, 0.2) is 0 Å². The van der Waals surface area contributed by atoms with Crippen molar-refractivity contribution in [1.29, 1.82) is 0 Å². The summed E-state index contributed by atoms with van der Waals surface area (Å²) < 4.78 is 11.0. The van der Waals surface area contributed by atoms with E-state index < -0.39 is 10.8 Å². The summed E-state index contributed by atoms with van der Waals surface area (Å²) in [4.78, 5) is 11.7. The number of rotatable bonds is 8. The Morgan fingerprint density at radius 2 is 1.82 bits per heavy atom. The van der Waals surface area contributed by atoms with Crippen LogP contribution in [0.2, 0.25) is 0 Å². The predicted octanol–water partition coefficient (Wildman–Crippen LogP) is 0.894. The molecule has 0 saturated carbocycles. The molecule has 0 aromatic rings. The summed E-state index contributed by atoms with van der Waals surface area (Å²) in [6.07, 6.45) is 2.67. The van der Waals surface area contributed by atoms with Crippen molar-refractivity contribution >= 4 is 16.7 Å². The lowest BCUT2D eigenvalue weighted by molar-refractivity contribution is -0.122. The summed E-state index contributed by atoms with van der Waals surface area (Å²) in [6, 6.07) is -0.146. The molecule has 0 fully saturated rings. The van der Waals surface area contributed by atoms with Crippen LogP contribution in [-0.2, 0) is 15.6 Å². The van der Waals surface area contributed by atoms with E-state index in [0.717, 1.165) is 13.0 Å². The minimum atomic E-state index is -0.831. The van der Waals surface area contributed by atoms with Crippen LogP contribution in [0.3, 0.4) is 0 Å². The van der Waals surface area contributed by atoms with Gasteiger partial charge in [-0.1, -0.05) is 13.8 Å². The van der Waals surface area contributed by atoms with Gasteiger partial charge in [-0.25, -0.2) is 0 Å². The van der Waals surface area contributed by atoms with Crippen LogP contribution < -0.4 is 10.6 Å². The quantitative estimate of drug-likeness (QED) is 0.683.